The second-order valence-corrected chi connectivity index (χ2v) is 13.4. The number of carbonyl (C=O) groups is 7. The summed E-state index contributed by atoms with van der Waals surface area (Å²) in [7, 11) is 0. The maximum Gasteiger partial charge on any atom is 0.327 e. The molecule has 0 saturated heterocycles. The van der Waals surface area contributed by atoms with Gasteiger partial charge in [-0.05, 0) is 31.6 Å². The smallest absolute Gasteiger partial charge is 0.327 e. The van der Waals surface area contributed by atoms with Crippen LogP contribution in [0.25, 0.3) is 0 Å². The minimum atomic E-state index is -1.58. The van der Waals surface area contributed by atoms with Crippen molar-refractivity contribution in [3.8, 4) is 0 Å². The Hall–Kier alpha value is -4.96. The predicted octanol–water partition coefficient (Wildman–Crippen LogP) is -4.03. The van der Waals surface area contributed by atoms with E-state index in [0.29, 0.717) is 18.5 Å². The van der Waals surface area contributed by atoms with Crippen molar-refractivity contribution >= 4 is 60.0 Å². The lowest BCUT2D eigenvalue weighted by Gasteiger charge is -2.29. The van der Waals surface area contributed by atoms with Crippen molar-refractivity contribution in [2.45, 2.75) is 103 Å². The number of hydrogen-bond acceptors (Lipinski definition) is 12. The van der Waals surface area contributed by atoms with E-state index in [9.17, 15) is 43.8 Å². The van der Waals surface area contributed by atoms with Gasteiger partial charge in [-0.1, -0.05) is 34.1 Å². The van der Waals surface area contributed by atoms with E-state index in [1.165, 1.54) is 19.4 Å². The molecular weight excluding hydrogens is 728 g/mol. The van der Waals surface area contributed by atoms with Gasteiger partial charge >= 0.3 is 5.97 Å². The molecule has 0 bridgehead atoms. The maximum atomic E-state index is 13.7. The third-order valence-electron chi connectivity index (χ3n) is 8.26. The molecule has 22 heteroatoms. The molecule has 6 amide bonds. The Bertz CT molecular complexity index is 1440. The van der Waals surface area contributed by atoms with Gasteiger partial charge in [0.1, 0.15) is 36.3 Å². The van der Waals surface area contributed by atoms with Crippen LogP contribution in [-0.4, -0.2) is 129 Å². The Labute approximate surface area is 319 Å². The number of nitrogens with two attached hydrogens (primary N) is 3. The fraction of sp³-hybridized carbons (Fsp3) is 0.656. The van der Waals surface area contributed by atoms with Crippen LogP contribution < -0.4 is 49.1 Å². The summed E-state index contributed by atoms with van der Waals surface area (Å²) in [6.07, 6.45) is 3.42. The first-order chi connectivity index (χ1) is 25.4. The van der Waals surface area contributed by atoms with Gasteiger partial charge in [-0.25, -0.2) is 9.78 Å². The van der Waals surface area contributed by atoms with E-state index in [0.717, 1.165) is 0 Å². The first-order valence-electron chi connectivity index (χ1n) is 17.4. The number of aromatic nitrogens is 2. The number of rotatable bonds is 24. The van der Waals surface area contributed by atoms with Gasteiger partial charge in [-0.3, -0.25) is 33.8 Å². The van der Waals surface area contributed by atoms with Gasteiger partial charge < -0.3 is 64.3 Å². The van der Waals surface area contributed by atoms with Crippen LogP contribution in [0.1, 0.15) is 59.6 Å². The molecule has 1 aromatic heterocycles. The number of guanidine groups is 1. The molecule has 0 saturated carbocycles. The molecule has 0 aliphatic rings. The fourth-order valence-electron chi connectivity index (χ4n) is 4.82. The number of nitrogens with one attached hydrogen (secondary N) is 7. The van der Waals surface area contributed by atoms with Gasteiger partial charge in [0.15, 0.2) is 5.96 Å². The van der Waals surface area contributed by atoms with Crippen LogP contribution in [-0.2, 0) is 40.0 Å². The number of amides is 6. The molecule has 0 aromatic carbocycles. The molecule has 0 spiro atoms. The fourth-order valence-corrected chi connectivity index (χ4v) is 5.07. The highest BCUT2D eigenvalue weighted by molar-refractivity contribution is 7.80. The Morgan fingerprint density at radius 1 is 0.815 bits per heavy atom. The number of hydrogen-bond donors (Lipinski definition) is 13. The summed E-state index contributed by atoms with van der Waals surface area (Å²) in [5, 5.41) is 34.5. The molecule has 0 fully saturated rings. The van der Waals surface area contributed by atoms with Crippen molar-refractivity contribution in [3.05, 3.63) is 18.2 Å². The number of H-pyrrole nitrogens is 1. The summed E-state index contributed by atoms with van der Waals surface area (Å²) in [6.45, 7) is 7.36. The highest BCUT2D eigenvalue weighted by Crippen LogP contribution is 2.11. The van der Waals surface area contributed by atoms with E-state index in [-0.39, 0.29) is 31.1 Å². The van der Waals surface area contributed by atoms with Crippen molar-refractivity contribution in [1.29, 1.82) is 0 Å². The Kier molecular flexibility index (Phi) is 20.6. The molecule has 8 atom stereocenters. The predicted molar refractivity (Wildman–Crippen MR) is 200 cm³/mol. The van der Waals surface area contributed by atoms with Crippen LogP contribution in [0.2, 0.25) is 0 Å². The second-order valence-electron chi connectivity index (χ2n) is 13.1. The van der Waals surface area contributed by atoms with Crippen molar-refractivity contribution in [2.24, 2.45) is 34.0 Å². The second kappa shape index (κ2) is 23.7. The zero-order valence-corrected chi connectivity index (χ0v) is 32.0. The average Bonchev–Trinajstić information content (AvgIpc) is 3.63. The molecule has 0 radical (unpaired) electrons. The zero-order valence-electron chi connectivity index (χ0n) is 31.1. The SMILES string of the molecule is CC[C@H](C)[C@H](NC(=O)[C@H](CO)NC(=O)[C@@H](NC(=O)[C@H](CCCN=C(N)N)NC(=O)[C@H](C)N)C(C)C)C(=O)N[C@@H](Cc1cnc[nH]1)C(=O)N[C@@H](CS)C(=O)O. The van der Waals surface area contributed by atoms with E-state index < -0.39 is 102 Å². The highest BCUT2D eigenvalue weighted by Gasteiger charge is 2.35. The number of aromatic amines is 1. The summed E-state index contributed by atoms with van der Waals surface area (Å²) in [4.78, 5) is 102. The van der Waals surface area contributed by atoms with Crippen LogP contribution in [0.5, 0.6) is 0 Å². The van der Waals surface area contributed by atoms with Gasteiger partial charge in [-0.2, -0.15) is 12.6 Å². The highest BCUT2D eigenvalue weighted by atomic mass is 32.1. The Morgan fingerprint density at radius 2 is 1.35 bits per heavy atom. The minimum absolute atomic E-state index is 0.0913. The minimum Gasteiger partial charge on any atom is -0.480 e. The molecule has 0 aliphatic carbocycles. The number of aliphatic hydroxyl groups excluding tert-OH is 1. The van der Waals surface area contributed by atoms with E-state index in [1.54, 1.807) is 27.7 Å². The molecular formula is C32H56N12O9S. The molecule has 15 N–H and O–H groups in total. The zero-order chi connectivity index (χ0) is 41.1. The van der Waals surface area contributed by atoms with Crippen molar-refractivity contribution in [2.75, 3.05) is 18.9 Å². The average molecular weight is 785 g/mol. The molecule has 1 rings (SSSR count). The lowest BCUT2D eigenvalue weighted by molar-refractivity contribution is -0.141. The number of aliphatic hydroxyl groups is 1. The van der Waals surface area contributed by atoms with E-state index >= 15 is 0 Å². The van der Waals surface area contributed by atoms with Crippen molar-refractivity contribution in [1.82, 2.24) is 41.9 Å². The first kappa shape index (κ1) is 47.1. The molecule has 0 unspecified atom stereocenters. The van der Waals surface area contributed by atoms with Gasteiger partial charge in [-0.15, -0.1) is 0 Å². The number of aliphatic imine (C=N–C) groups is 1. The Morgan fingerprint density at radius 3 is 1.85 bits per heavy atom. The summed E-state index contributed by atoms with van der Waals surface area (Å²) in [6, 6.07) is -8.82. The molecule has 1 aromatic rings. The van der Waals surface area contributed by atoms with Gasteiger partial charge in [0.2, 0.25) is 35.4 Å². The van der Waals surface area contributed by atoms with Gasteiger partial charge in [0.25, 0.3) is 0 Å². The molecule has 54 heavy (non-hydrogen) atoms. The molecule has 21 nitrogen and oxygen atoms in total. The molecule has 0 aliphatic heterocycles. The van der Waals surface area contributed by atoms with Crippen LogP contribution in [0, 0.1) is 11.8 Å². The standard InChI is InChI=1S/C32H56N12O9S/c1-6-16(4)24(30(51)40-20(10-18-11-36-14-38-18)27(48)42-22(13-54)31(52)53)44-28(49)21(12-45)41-29(50)23(15(2)3)43-26(47)19(39-25(46)17(5)33)8-7-9-37-32(34)35/h11,14-17,19-24,45,54H,6-10,12-13,33H2,1-5H3,(H,36,38)(H,39,46)(H,40,51)(H,41,50)(H,42,48)(H,43,47)(H,44,49)(H,52,53)(H4,34,35,37)/t16-,17-,19-,20-,21-,22-,23-,24-/m0/s1. The van der Waals surface area contributed by atoms with E-state index in [4.69, 9.17) is 17.2 Å². The summed E-state index contributed by atoms with van der Waals surface area (Å²) in [5.74, 6) is -7.53. The summed E-state index contributed by atoms with van der Waals surface area (Å²) in [5.41, 5.74) is 16.8. The van der Waals surface area contributed by atoms with Crippen LogP contribution in [0.3, 0.4) is 0 Å². The molecule has 304 valence electrons. The first-order valence-corrected chi connectivity index (χ1v) is 18.0. The number of carbonyl (C=O) groups excluding carboxylic acids is 6. The maximum absolute atomic E-state index is 13.7. The largest absolute Gasteiger partial charge is 0.480 e. The van der Waals surface area contributed by atoms with Crippen LogP contribution >= 0.6 is 12.6 Å². The van der Waals surface area contributed by atoms with E-state index in [1.807, 2.05) is 0 Å². The van der Waals surface area contributed by atoms with Crippen LogP contribution in [0.4, 0.5) is 0 Å². The monoisotopic (exact) mass is 784 g/mol. The third kappa shape index (κ3) is 16.0. The lowest BCUT2D eigenvalue weighted by Crippen LogP contribution is -2.62. The Balaban J connectivity index is 3.19. The topological polar surface area (TPSA) is 351 Å². The lowest BCUT2D eigenvalue weighted by atomic mass is 9.97. The van der Waals surface area contributed by atoms with Gasteiger partial charge in [0, 0.05) is 30.6 Å². The number of aliphatic carboxylic acids is 1. The van der Waals surface area contributed by atoms with Crippen molar-refractivity contribution < 1.29 is 43.8 Å². The number of thiol groups is 1. The number of carboxylic acid groups (broad SMARTS) is 1. The number of nitrogens with zero attached hydrogens (tertiary/aromatic N) is 2. The van der Waals surface area contributed by atoms with Crippen LogP contribution in [0.15, 0.2) is 17.5 Å². The third-order valence-corrected chi connectivity index (χ3v) is 8.62. The summed E-state index contributed by atoms with van der Waals surface area (Å²) >= 11 is 3.96. The quantitative estimate of drug-likeness (QED) is 0.0206. The van der Waals surface area contributed by atoms with Crippen molar-refractivity contribution in [3.63, 3.8) is 0 Å². The van der Waals surface area contributed by atoms with Gasteiger partial charge in [0.05, 0.1) is 19.0 Å². The number of carboxylic acids is 1. The summed E-state index contributed by atoms with van der Waals surface area (Å²) < 4.78 is 0. The van der Waals surface area contributed by atoms with E-state index in [2.05, 4.69) is 59.5 Å². The molecule has 1 heterocycles. The number of imidazole rings is 1. The normalized spacial score (nSPS) is 15.5.